The topological polar surface area (TPSA) is 85.3 Å². The van der Waals surface area contributed by atoms with Gasteiger partial charge in [0.1, 0.15) is 0 Å². The number of benzene rings is 2. The van der Waals surface area contributed by atoms with Gasteiger partial charge in [0.05, 0.1) is 17.8 Å². The van der Waals surface area contributed by atoms with E-state index in [0.717, 1.165) is 28.2 Å². The van der Waals surface area contributed by atoms with Gasteiger partial charge < -0.3 is 10.8 Å². The average molecular weight is 326 g/mol. The Morgan fingerprint density at radius 2 is 1.91 bits per heavy atom. The van der Waals surface area contributed by atoms with E-state index in [0.29, 0.717) is 12.2 Å². The van der Waals surface area contributed by atoms with Gasteiger partial charge in [-0.25, -0.2) is 4.79 Å². The normalized spacial score (nSPS) is 10.6. The molecule has 0 aliphatic rings. The predicted octanol–water partition coefficient (Wildman–Crippen LogP) is 2.91. The van der Waals surface area contributed by atoms with Crippen LogP contribution in [0.1, 0.15) is 15.9 Å². The van der Waals surface area contributed by atoms with Gasteiger partial charge in [0, 0.05) is 16.6 Å². The van der Waals surface area contributed by atoms with Crippen LogP contribution in [0, 0.1) is 0 Å². The predicted molar refractivity (Wildman–Crippen MR) is 90.9 cm³/mol. The van der Waals surface area contributed by atoms with Gasteiger partial charge in [-0.05, 0) is 29.8 Å². The number of hydrogen-bond donors (Lipinski definition) is 2. The molecule has 0 atom stereocenters. The van der Waals surface area contributed by atoms with E-state index in [2.05, 4.69) is 0 Å². The summed E-state index contributed by atoms with van der Waals surface area (Å²) in [6.45, 7) is 0.381. The molecule has 23 heavy (non-hydrogen) atoms. The summed E-state index contributed by atoms with van der Waals surface area (Å²) in [4.78, 5) is 23.0. The number of aromatic carboxylic acids is 1. The first kappa shape index (κ1) is 15.1. The molecule has 1 heterocycles. The Bertz CT molecular complexity index is 910. The molecule has 0 aliphatic carbocycles. The van der Waals surface area contributed by atoms with Gasteiger partial charge in [0.2, 0.25) is 0 Å². The van der Waals surface area contributed by atoms with Crippen molar-refractivity contribution < 1.29 is 9.90 Å². The summed E-state index contributed by atoms with van der Waals surface area (Å²) in [5.74, 6) is -0.968. The van der Waals surface area contributed by atoms with Crippen LogP contribution >= 0.6 is 11.3 Å². The Morgan fingerprint density at radius 1 is 1.17 bits per heavy atom. The van der Waals surface area contributed by atoms with Crippen LogP contribution in [0.5, 0.6) is 0 Å². The van der Waals surface area contributed by atoms with Gasteiger partial charge in [-0.2, -0.15) is 0 Å². The lowest BCUT2D eigenvalue weighted by Crippen LogP contribution is -2.15. The lowest BCUT2D eigenvalue weighted by molar-refractivity contribution is 0.0697. The summed E-state index contributed by atoms with van der Waals surface area (Å²) < 4.78 is 1.66. The molecule has 0 aliphatic heterocycles. The fraction of sp³-hybridized carbons (Fsp3) is 0.0588. The number of carboxylic acid groups (broad SMARTS) is 1. The minimum atomic E-state index is -0.968. The average Bonchev–Trinajstić information content (AvgIpc) is 2.89. The van der Waals surface area contributed by atoms with Crippen LogP contribution in [-0.4, -0.2) is 15.6 Å². The van der Waals surface area contributed by atoms with Crippen molar-refractivity contribution in [2.24, 2.45) is 0 Å². The Hall–Kier alpha value is -2.86. The largest absolute Gasteiger partial charge is 0.478 e. The Kier molecular flexibility index (Phi) is 3.99. The summed E-state index contributed by atoms with van der Waals surface area (Å²) in [5, 5.41) is 10.7. The van der Waals surface area contributed by atoms with Crippen molar-refractivity contribution in [3.05, 3.63) is 74.7 Å². The second-order valence-electron chi connectivity index (χ2n) is 5.10. The molecule has 3 aromatic rings. The number of anilines is 1. The molecular formula is C17H14N2O3S. The van der Waals surface area contributed by atoms with Crippen molar-refractivity contribution in [3.63, 3.8) is 0 Å². The van der Waals surface area contributed by atoms with Crippen molar-refractivity contribution in [2.75, 3.05) is 5.73 Å². The maximum Gasteiger partial charge on any atom is 0.335 e. The van der Waals surface area contributed by atoms with E-state index in [9.17, 15) is 9.59 Å². The SMILES string of the molecule is Nc1cccc(-c2csc(=O)n2Cc2ccc(C(=O)O)cc2)c1. The minimum Gasteiger partial charge on any atom is -0.478 e. The molecule has 1 aromatic heterocycles. The summed E-state index contributed by atoms with van der Waals surface area (Å²) in [6, 6.07) is 13.9. The van der Waals surface area contributed by atoms with E-state index in [1.165, 1.54) is 12.1 Å². The van der Waals surface area contributed by atoms with E-state index in [-0.39, 0.29) is 10.4 Å². The van der Waals surface area contributed by atoms with E-state index >= 15 is 0 Å². The van der Waals surface area contributed by atoms with Crippen molar-refractivity contribution in [1.29, 1.82) is 0 Å². The van der Waals surface area contributed by atoms with Gasteiger partial charge in [-0.3, -0.25) is 9.36 Å². The molecular weight excluding hydrogens is 312 g/mol. The third kappa shape index (κ3) is 3.17. The number of nitrogen functional groups attached to an aromatic ring is 1. The molecule has 0 radical (unpaired) electrons. The molecule has 5 nitrogen and oxygen atoms in total. The molecule has 3 rings (SSSR count). The Morgan fingerprint density at radius 3 is 2.57 bits per heavy atom. The van der Waals surface area contributed by atoms with Gasteiger partial charge in [-0.1, -0.05) is 35.6 Å². The van der Waals surface area contributed by atoms with E-state index in [4.69, 9.17) is 10.8 Å². The molecule has 0 saturated heterocycles. The third-order valence-electron chi connectivity index (χ3n) is 3.51. The number of aromatic nitrogens is 1. The quantitative estimate of drug-likeness (QED) is 0.722. The zero-order valence-electron chi connectivity index (χ0n) is 12.1. The molecule has 0 unspecified atom stereocenters. The number of carbonyl (C=O) groups is 1. The van der Waals surface area contributed by atoms with E-state index < -0.39 is 5.97 Å². The second-order valence-corrected chi connectivity index (χ2v) is 5.92. The van der Waals surface area contributed by atoms with Crippen molar-refractivity contribution >= 4 is 23.0 Å². The molecule has 0 saturated carbocycles. The van der Waals surface area contributed by atoms with Gasteiger partial charge >= 0.3 is 10.8 Å². The molecule has 0 spiro atoms. The number of nitrogens with two attached hydrogens (primary N) is 1. The highest BCUT2D eigenvalue weighted by Crippen LogP contribution is 2.23. The molecule has 0 bridgehead atoms. The fourth-order valence-electron chi connectivity index (χ4n) is 2.34. The first-order valence-electron chi connectivity index (χ1n) is 6.91. The minimum absolute atomic E-state index is 0.0651. The summed E-state index contributed by atoms with van der Waals surface area (Å²) >= 11 is 1.13. The highest BCUT2D eigenvalue weighted by atomic mass is 32.1. The first-order valence-corrected chi connectivity index (χ1v) is 7.79. The molecule has 6 heteroatoms. The van der Waals surface area contributed by atoms with Crippen molar-refractivity contribution in [2.45, 2.75) is 6.54 Å². The van der Waals surface area contributed by atoms with Crippen LogP contribution in [0.25, 0.3) is 11.3 Å². The molecule has 3 N–H and O–H groups in total. The molecule has 116 valence electrons. The van der Waals surface area contributed by atoms with Crippen molar-refractivity contribution in [3.8, 4) is 11.3 Å². The molecule has 0 fully saturated rings. The molecule has 0 amide bonds. The summed E-state index contributed by atoms with van der Waals surface area (Å²) in [7, 11) is 0. The molecule has 2 aromatic carbocycles. The van der Waals surface area contributed by atoms with Crippen LogP contribution in [0.15, 0.2) is 58.7 Å². The highest BCUT2D eigenvalue weighted by Gasteiger charge is 2.10. The monoisotopic (exact) mass is 326 g/mol. The number of hydrogen-bond acceptors (Lipinski definition) is 4. The lowest BCUT2D eigenvalue weighted by atomic mass is 10.1. The number of nitrogens with zero attached hydrogens (tertiary/aromatic N) is 1. The fourth-order valence-corrected chi connectivity index (χ4v) is 3.10. The zero-order valence-corrected chi connectivity index (χ0v) is 12.9. The Labute approximate surface area is 136 Å². The van der Waals surface area contributed by atoms with E-state index in [1.807, 2.05) is 23.6 Å². The Balaban J connectivity index is 1.96. The van der Waals surface area contributed by atoms with Crippen LogP contribution in [0.3, 0.4) is 0 Å². The number of carboxylic acids is 1. The second kappa shape index (κ2) is 6.10. The zero-order chi connectivity index (χ0) is 16.4. The lowest BCUT2D eigenvalue weighted by Gasteiger charge is -2.09. The summed E-state index contributed by atoms with van der Waals surface area (Å²) in [6.07, 6.45) is 0. The van der Waals surface area contributed by atoms with Gasteiger partial charge in [-0.15, -0.1) is 0 Å². The van der Waals surface area contributed by atoms with Crippen LogP contribution in [0.4, 0.5) is 5.69 Å². The first-order chi connectivity index (χ1) is 11.0. The number of rotatable bonds is 4. The van der Waals surface area contributed by atoms with Crippen molar-refractivity contribution in [1.82, 2.24) is 4.57 Å². The van der Waals surface area contributed by atoms with Gasteiger partial charge in [0.15, 0.2) is 0 Å². The smallest absolute Gasteiger partial charge is 0.335 e. The highest BCUT2D eigenvalue weighted by molar-refractivity contribution is 7.07. The van der Waals surface area contributed by atoms with Crippen LogP contribution < -0.4 is 10.6 Å². The maximum absolute atomic E-state index is 12.1. The third-order valence-corrected chi connectivity index (χ3v) is 4.27. The maximum atomic E-state index is 12.1. The standard InChI is InChI=1S/C17H14N2O3S/c18-14-3-1-2-13(8-14)15-10-23-17(22)19(15)9-11-4-6-12(7-5-11)16(20)21/h1-8,10H,9,18H2,(H,20,21). The van der Waals surface area contributed by atoms with Crippen LogP contribution in [0.2, 0.25) is 0 Å². The number of thiazole rings is 1. The summed E-state index contributed by atoms with van der Waals surface area (Å²) in [5.41, 5.74) is 9.22. The van der Waals surface area contributed by atoms with Crippen LogP contribution in [-0.2, 0) is 6.54 Å². The van der Waals surface area contributed by atoms with E-state index in [1.54, 1.807) is 22.8 Å². The van der Waals surface area contributed by atoms with Gasteiger partial charge in [0.25, 0.3) is 0 Å².